The molecule has 1 aliphatic rings. The second kappa shape index (κ2) is 5.79. The van der Waals surface area contributed by atoms with Crippen LogP contribution in [-0.2, 0) is 16.0 Å². The summed E-state index contributed by atoms with van der Waals surface area (Å²) >= 11 is 0. The van der Waals surface area contributed by atoms with Crippen LogP contribution in [0.5, 0.6) is 0 Å². The quantitative estimate of drug-likeness (QED) is 0.591. The van der Waals surface area contributed by atoms with Crippen LogP contribution in [0.2, 0.25) is 0 Å². The number of benzene rings is 1. The number of aromatic nitrogens is 3. The van der Waals surface area contributed by atoms with E-state index < -0.39 is 11.9 Å². The maximum Gasteiger partial charge on any atom is 0.414 e. The molecule has 2 N–H and O–H groups in total. The van der Waals surface area contributed by atoms with Crippen molar-refractivity contribution in [2.75, 3.05) is 0 Å². The van der Waals surface area contributed by atoms with Crippen LogP contribution in [0.4, 0.5) is 0 Å². The van der Waals surface area contributed by atoms with Crippen molar-refractivity contribution in [1.29, 1.82) is 0 Å². The first-order chi connectivity index (χ1) is 9.58. The Morgan fingerprint density at radius 1 is 1.15 bits per heavy atom. The number of rotatable bonds is 0. The first kappa shape index (κ1) is 13.5. The highest BCUT2D eigenvalue weighted by atomic mass is 16.4. The maximum atomic E-state index is 9.10. The summed E-state index contributed by atoms with van der Waals surface area (Å²) in [5, 5.41) is 22.6. The van der Waals surface area contributed by atoms with Gasteiger partial charge in [-0.05, 0) is 17.2 Å². The average molecular weight is 273 g/mol. The predicted molar refractivity (Wildman–Crippen MR) is 69.8 cm³/mol. The second-order valence-electron chi connectivity index (χ2n) is 3.97. The van der Waals surface area contributed by atoms with E-state index in [2.05, 4.69) is 40.7 Å². The van der Waals surface area contributed by atoms with Crippen LogP contribution in [0.3, 0.4) is 0 Å². The summed E-state index contributed by atoms with van der Waals surface area (Å²) in [6, 6.07) is 8.37. The minimum atomic E-state index is -1.82. The Morgan fingerprint density at radius 3 is 2.55 bits per heavy atom. The van der Waals surface area contributed by atoms with Gasteiger partial charge in [0.2, 0.25) is 0 Å². The van der Waals surface area contributed by atoms with Gasteiger partial charge < -0.3 is 10.2 Å². The predicted octanol–water partition coefficient (Wildman–Crippen LogP) is 0.966. The number of hydrogen-bond donors (Lipinski definition) is 2. The SMILES string of the molecule is C1=Cn2nncc2Cc2ccccc21.O=C(O)C(=O)O. The average Bonchev–Trinajstić information content (AvgIpc) is 2.78. The van der Waals surface area contributed by atoms with E-state index in [-0.39, 0.29) is 0 Å². The first-order valence-corrected chi connectivity index (χ1v) is 5.69. The smallest absolute Gasteiger partial charge is 0.414 e. The minimum absolute atomic E-state index is 0.899. The molecule has 2 heterocycles. The van der Waals surface area contributed by atoms with Gasteiger partial charge in [0, 0.05) is 12.6 Å². The standard InChI is InChI=1S/C11H9N3.C2H2O4/c1-2-4-10-7-11-8-12-13-14(11)6-5-9(10)3-1;3-1(4)2(5)6/h1-6,8H,7H2;(H,3,4)(H,5,6). The molecule has 0 bridgehead atoms. The molecule has 0 spiro atoms. The lowest BCUT2D eigenvalue weighted by Crippen LogP contribution is -2.09. The van der Waals surface area contributed by atoms with Gasteiger partial charge in [-0.15, -0.1) is 5.10 Å². The van der Waals surface area contributed by atoms with Gasteiger partial charge in [0.25, 0.3) is 0 Å². The Hall–Kier alpha value is -2.96. The number of aliphatic carboxylic acids is 2. The fourth-order valence-electron chi connectivity index (χ4n) is 1.72. The van der Waals surface area contributed by atoms with E-state index in [1.165, 1.54) is 11.1 Å². The highest BCUT2D eigenvalue weighted by Gasteiger charge is 2.08. The molecule has 1 aromatic heterocycles. The summed E-state index contributed by atoms with van der Waals surface area (Å²) < 4.78 is 1.82. The summed E-state index contributed by atoms with van der Waals surface area (Å²) in [6.45, 7) is 0. The van der Waals surface area contributed by atoms with Crippen LogP contribution < -0.4 is 0 Å². The van der Waals surface area contributed by atoms with E-state index >= 15 is 0 Å². The summed E-state index contributed by atoms with van der Waals surface area (Å²) in [7, 11) is 0. The molecule has 3 rings (SSSR count). The zero-order valence-corrected chi connectivity index (χ0v) is 10.3. The molecule has 0 radical (unpaired) electrons. The van der Waals surface area contributed by atoms with Crippen molar-refractivity contribution in [3.05, 3.63) is 47.3 Å². The van der Waals surface area contributed by atoms with Crippen molar-refractivity contribution in [3.8, 4) is 0 Å². The van der Waals surface area contributed by atoms with Gasteiger partial charge in [-0.1, -0.05) is 29.5 Å². The molecule has 1 aromatic carbocycles. The van der Waals surface area contributed by atoms with Crippen molar-refractivity contribution >= 4 is 24.2 Å². The lowest BCUT2D eigenvalue weighted by Gasteiger charge is -2.01. The third-order valence-corrected chi connectivity index (χ3v) is 2.65. The van der Waals surface area contributed by atoms with Crippen LogP contribution in [-0.4, -0.2) is 37.1 Å². The highest BCUT2D eigenvalue weighted by Crippen LogP contribution is 2.18. The molecule has 7 nitrogen and oxygen atoms in total. The summed E-state index contributed by atoms with van der Waals surface area (Å²) in [4.78, 5) is 18.2. The molecule has 2 aromatic rings. The van der Waals surface area contributed by atoms with Gasteiger partial charge in [0.1, 0.15) is 0 Å². The molecule has 20 heavy (non-hydrogen) atoms. The molecule has 0 atom stereocenters. The van der Waals surface area contributed by atoms with Crippen LogP contribution in [0.1, 0.15) is 16.8 Å². The highest BCUT2D eigenvalue weighted by molar-refractivity contribution is 6.27. The third-order valence-electron chi connectivity index (χ3n) is 2.65. The van der Waals surface area contributed by atoms with Crippen molar-refractivity contribution < 1.29 is 19.8 Å². The number of nitrogens with zero attached hydrogens (tertiary/aromatic N) is 3. The van der Waals surface area contributed by atoms with Gasteiger partial charge in [0.05, 0.1) is 11.9 Å². The summed E-state index contributed by atoms with van der Waals surface area (Å²) in [5.74, 6) is -3.65. The molecule has 1 aliphatic heterocycles. The lowest BCUT2D eigenvalue weighted by molar-refractivity contribution is -0.159. The Bertz CT molecular complexity index is 664. The van der Waals surface area contributed by atoms with E-state index in [1.807, 2.05) is 17.1 Å². The Labute approximate surface area is 113 Å². The largest absolute Gasteiger partial charge is 0.473 e. The molecular weight excluding hydrogens is 262 g/mol. The van der Waals surface area contributed by atoms with Crippen LogP contribution in [0.25, 0.3) is 12.3 Å². The third kappa shape index (κ3) is 3.08. The number of hydrogen-bond acceptors (Lipinski definition) is 4. The van der Waals surface area contributed by atoms with Gasteiger partial charge in [-0.25, -0.2) is 14.3 Å². The molecule has 102 valence electrons. The monoisotopic (exact) mass is 273 g/mol. The summed E-state index contributed by atoms with van der Waals surface area (Å²) in [5.41, 5.74) is 3.72. The second-order valence-corrected chi connectivity index (χ2v) is 3.97. The summed E-state index contributed by atoms with van der Waals surface area (Å²) in [6.07, 6.45) is 6.73. The van der Waals surface area contributed by atoms with E-state index in [9.17, 15) is 0 Å². The van der Waals surface area contributed by atoms with Gasteiger partial charge >= 0.3 is 11.9 Å². The van der Waals surface area contributed by atoms with E-state index in [1.54, 1.807) is 0 Å². The zero-order chi connectivity index (χ0) is 14.5. The molecule has 0 amide bonds. The molecule has 0 unspecified atom stereocenters. The Balaban J connectivity index is 0.000000212. The number of carboxylic acids is 2. The van der Waals surface area contributed by atoms with Crippen LogP contribution in [0.15, 0.2) is 30.5 Å². The lowest BCUT2D eigenvalue weighted by atomic mass is 10.0. The van der Waals surface area contributed by atoms with Crippen molar-refractivity contribution in [3.63, 3.8) is 0 Å². The molecule has 7 heteroatoms. The van der Waals surface area contributed by atoms with Crippen molar-refractivity contribution in [2.45, 2.75) is 6.42 Å². The van der Waals surface area contributed by atoms with Crippen LogP contribution in [0, 0.1) is 0 Å². The number of carbonyl (C=O) groups is 2. The molecular formula is C13H11N3O4. The zero-order valence-electron chi connectivity index (χ0n) is 10.3. The molecule has 0 fully saturated rings. The topological polar surface area (TPSA) is 105 Å². The van der Waals surface area contributed by atoms with Gasteiger partial charge in [0.15, 0.2) is 0 Å². The maximum absolute atomic E-state index is 9.10. The minimum Gasteiger partial charge on any atom is -0.473 e. The fourth-order valence-corrected chi connectivity index (χ4v) is 1.72. The first-order valence-electron chi connectivity index (χ1n) is 5.69. The Kier molecular flexibility index (Phi) is 3.90. The van der Waals surface area contributed by atoms with Crippen molar-refractivity contribution in [1.82, 2.24) is 15.0 Å². The van der Waals surface area contributed by atoms with E-state index in [0.717, 1.165) is 12.1 Å². The number of carboxylic acid groups (broad SMARTS) is 2. The molecule has 0 aliphatic carbocycles. The van der Waals surface area contributed by atoms with Crippen molar-refractivity contribution in [2.24, 2.45) is 0 Å². The van der Waals surface area contributed by atoms with E-state index in [4.69, 9.17) is 19.8 Å². The molecule has 0 saturated heterocycles. The Morgan fingerprint density at radius 2 is 1.85 bits per heavy atom. The van der Waals surface area contributed by atoms with Gasteiger partial charge in [-0.3, -0.25) is 0 Å². The van der Waals surface area contributed by atoms with Crippen LogP contribution >= 0.6 is 0 Å². The fraction of sp³-hybridized carbons (Fsp3) is 0.0769. The molecule has 0 saturated carbocycles. The van der Waals surface area contributed by atoms with Gasteiger partial charge in [-0.2, -0.15) is 0 Å². The normalized spacial score (nSPS) is 11.4. The van der Waals surface area contributed by atoms with E-state index in [0.29, 0.717) is 0 Å². The number of fused-ring (bicyclic) bond motifs is 2.